The Morgan fingerprint density at radius 1 is 1.07 bits per heavy atom. The van der Waals surface area contributed by atoms with Crippen LogP contribution in [0.1, 0.15) is 12.8 Å². The molecule has 2 fully saturated rings. The van der Waals surface area contributed by atoms with Crippen LogP contribution in [-0.2, 0) is 14.4 Å². The number of likely N-dealkylation sites (tertiary alicyclic amines) is 1. The number of amides is 3. The average Bonchev–Trinajstić information content (AvgIpc) is 3.20. The minimum absolute atomic E-state index is 0.140. The first-order valence-electron chi connectivity index (χ1n) is 8.54. The van der Waals surface area contributed by atoms with Crippen molar-refractivity contribution >= 4 is 44.4 Å². The molecule has 10 heteroatoms. The number of rotatable bonds is 3. The van der Waals surface area contributed by atoms with Gasteiger partial charge in [0, 0.05) is 45.1 Å². The molecule has 0 unspecified atom stereocenters. The molecular formula is C17H16F2N4O3S. The summed E-state index contributed by atoms with van der Waals surface area (Å²) >= 11 is 1.20. The Bertz CT molecular complexity index is 924. The lowest BCUT2D eigenvalue weighted by Crippen LogP contribution is -2.51. The molecule has 0 aliphatic carbocycles. The fourth-order valence-corrected chi connectivity index (χ4v) is 4.32. The third-order valence-electron chi connectivity index (χ3n) is 4.75. The largest absolute Gasteiger partial charge is 0.345 e. The third-order valence-corrected chi connectivity index (χ3v) is 5.82. The van der Waals surface area contributed by atoms with Gasteiger partial charge < -0.3 is 9.80 Å². The van der Waals surface area contributed by atoms with E-state index in [0.29, 0.717) is 36.0 Å². The molecule has 142 valence electrons. The van der Waals surface area contributed by atoms with E-state index in [-0.39, 0.29) is 42.6 Å². The SMILES string of the molecule is O=C(CN1C(=O)CCC1=O)N1CCN(c2nc3c(F)cc(F)cc3s2)CC1. The van der Waals surface area contributed by atoms with Crippen molar-refractivity contribution in [2.45, 2.75) is 12.8 Å². The highest BCUT2D eigenvalue weighted by atomic mass is 32.1. The molecule has 0 saturated carbocycles. The molecule has 1 aromatic heterocycles. The summed E-state index contributed by atoms with van der Waals surface area (Å²) in [7, 11) is 0. The Morgan fingerprint density at radius 2 is 1.74 bits per heavy atom. The molecule has 0 spiro atoms. The van der Waals surface area contributed by atoms with E-state index in [1.165, 1.54) is 17.4 Å². The highest BCUT2D eigenvalue weighted by Gasteiger charge is 2.32. The van der Waals surface area contributed by atoms with Gasteiger partial charge in [-0.2, -0.15) is 0 Å². The molecule has 3 heterocycles. The van der Waals surface area contributed by atoms with Crippen LogP contribution in [-0.4, -0.2) is 65.2 Å². The number of imide groups is 1. The number of thiazole rings is 1. The van der Waals surface area contributed by atoms with Crippen LogP contribution in [0.25, 0.3) is 10.2 Å². The normalized spacial score (nSPS) is 18.1. The Hall–Kier alpha value is -2.62. The zero-order valence-corrected chi connectivity index (χ0v) is 15.1. The molecule has 0 radical (unpaired) electrons. The molecule has 4 rings (SSSR count). The fourth-order valence-electron chi connectivity index (χ4n) is 3.26. The lowest BCUT2D eigenvalue weighted by molar-refractivity contribution is -0.145. The number of nitrogens with zero attached hydrogens (tertiary/aromatic N) is 4. The van der Waals surface area contributed by atoms with E-state index in [0.717, 1.165) is 11.0 Å². The van der Waals surface area contributed by atoms with E-state index in [2.05, 4.69) is 4.98 Å². The van der Waals surface area contributed by atoms with Crippen molar-refractivity contribution in [1.29, 1.82) is 0 Å². The van der Waals surface area contributed by atoms with Crippen LogP contribution in [0.4, 0.5) is 13.9 Å². The first kappa shape index (κ1) is 17.8. The maximum absolute atomic E-state index is 13.8. The van der Waals surface area contributed by atoms with Crippen molar-refractivity contribution in [3.8, 4) is 0 Å². The lowest BCUT2D eigenvalue weighted by atomic mass is 10.3. The van der Waals surface area contributed by atoms with Crippen LogP contribution >= 0.6 is 11.3 Å². The molecule has 2 aliphatic rings. The summed E-state index contributed by atoms with van der Waals surface area (Å²) < 4.78 is 27.6. The highest BCUT2D eigenvalue weighted by Crippen LogP contribution is 2.31. The van der Waals surface area contributed by atoms with Crippen LogP contribution in [0.3, 0.4) is 0 Å². The zero-order valence-electron chi connectivity index (χ0n) is 14.3. The number of benzene rings is 1. The van der Waals surface area contributed by atoms with Gasteiger partial charge >= 0.3 is 0 Å². The number of carbonyl (C=O) groups excluding carboxylic acids is 3. The van der Waals surface area contributed by atoms with Gasteiger partial charge in [-0.25, -0.2) is 13.8 Å². The summed E-state index contributed by atoms with van der Waals surface area (Å²) in [5.41, 5.74) is 0.140. The van der Waals surface area contributed by atoms with Gasteiger partial charge in [0.2, 0.25) is 17.7 Å². The Kier molecular flexibility index (Phi) is 4.50. The number of hydrogen-bond donors (Lipinski definition) is 0. The summed E-state index contributed by atoms with van der Waals surface area (Å²) in [4.78, 5) is 44.4. The second-order valence-electron chi connectivity index (χ2n) is 6.47. The van der Waals surface area contributed by atoms with Crippen LogP contribution in [0.15, 0.2) is 12.1 Å². The molecule has 7 nitrogen and oxygen atoms in total. The number of carbonyl (C=O) groups is 3. The predicted molar refractivity (Wildman–Crippen MR) is 94.3 cm³/mol. The summed E-state index contributed by atoms with van der Waals surface area (Å²) in [5.74, 6) is -2.22. The van der Waals surface area contributed by atoms with Gasteiger partial charge in [-0.1, -0.05) is 11.3 Å². The standard InChI is InChI=1S/C17H16F2N4O3S/c18-10-7-11(19)16-12(8-10)27-17(20-16)22-5-3-21(4-6-22)15(26)9-23-13(24)1-2-14(23)25/h7-8H,1-6,9H2. The molecule has 2 saturated heterocycles. The molecule has 2 aliphatic heterocycles. The fraction of sp³-hybridized carbons (Fsp3) is 0.412. The molecule has 0 bridgehead atoms. The van der Waals surface area contributed by atoms with E-state index in [1.54, 1.807) is 4.90 Å². The lowest BCUT2D eigenvalue weighted by Gasteiger charge is -2.35. The van der Waals surface area contributed by atoms with Crippen LogP contribution in [0.2, 0.25) is 0 Å². The maximum atomic E-state index is 13.8. The zero-order chi connectivity index (χ0) is 19.1. The minimum Gasteiger partial charge on any atom is -0.345 e. The van der Waals surface area contributed by atoms with Gasteiger partial charge in [-0.15, -0.1) is 0 Å². The number of fused-ring (bicyclic) bond motifs is 1. The topological polar surface area (TPSA) is 73.8 Å². The number of hydrogen-bond acceptors (Lipinski definition) is 6. The quantitative estimate of drug-likeness (QED) is 0.736. The van der Waals surface area contributed by atoms with E-state index in [1.807, 2.05) is 4.90 Å². The van der Waals surface area contributed by atoms with Gasteiger partial charge in [0.05, 0.1) is 4.70 Å². The predicted octanol–water partition coefficient (Wildman–Crippen LogP) is 1.37. The van der Waals surface area contributed by atoms with E-state index >= 15 is 0 Å². The van der Waals surface area contributed by atoms with Crippen LogP contribution in [0, 0.1) is 11.6 Å². The number of anilines is 1. The number of piperazine rings is 1. The monoisotopic (exact) mass is 394 g/mol. The minimum atomic E-state index is -0.693. The van der Waals surface area contributed by atoms with Crippen molar-refractivity contribution in [2.24, 2.45) is 0 Å². The molecular weight excluding hydrogens is 378 g/mol. The van der Waals surface area contributed by atoms with E-state index in [4.69, 9.17) is 0 Å². The number of aromatic nitrogens is 1. The van der Waals surface area contributed by atoms with Gasteiger partial charge in [0.15, 0.2) is 10.9 Å². The van der Waals surface area contributed by atoms with Gasteiger partial charge in [-0.3, -0.25) is 19.3 Å². The molecule has 27 heavy (non-hydrogen) atoms. The molecule has 0 N–H and O–H groups in total. The van der Waals surface area contributed by atoms with Gasteiger partial charge in [0.25, 0.3) is 0 Å². The van der Waals surface area contributed by atoms with Crippen molar-refractivity contribution < 1.29 is 23.2 Å². The van der Waals surface area contributed by atoms with Crippen molar-refractivity contribution in [2.75, 3.05) is 37.6 Å². The van der Waals surface area contributed by atoms with Gasteiger partial charge in [-0.05, 0) is 6.07 Å². The van der Waals surface area contributed by atoms with Crippen molar-refractivity contribution in [1.82, 2.24) is 14.8 Å². The van der Waals surface area contributed by atoms with Crippen molar-refractivity contribution in [3.63, 3.8) is 0 Å². The Labute approximate surface area is 157 Å². The smallest absolute Gasteiger partial charge is 0.242 e. The first-order valence-corrected chi connectivity index (χ1v) is 9.35. The van der Waals surface area contributed by atoms with Gasteiger partial charge in [0.1, 0.15) is 17.9 Å². The second kappa shape index (κ2) is 6.84. The summed E-state index contributed by atoms with van der Waals surface area (Å²) in [6.07, 6.45) is 0.323. The highest BCUT2D eigenvalue weighted by molar-refractivity contribution is 7.22. The van der Waals surface area contributed by atoms with E-state index in [9.17, 15) is 23.2 Å². The number of halogens is 2. The first-order chi connectivity index (χ1) is 12.9. The molecule has 1 aromatic carbocycles. The summed E-state index contributed by atoms with van der Waals surface area (Å²) in [5, 5.41) is 0.575. The molecule has 2 aromatic rings. The maximum Gasteiger partial charge on any atom is 0.242 e. The average molecular weight is 394 g/mol. The third kappa shape index (κ3) is 3.36. The second-order valence-corrected chi connectivity index (χ2v) is 7.48. The van der Waals surface area contributed by atoms with Crippen LogP contribution < -0.4 is 4.90 Å². The Balaban J connectivity index is 1.40. The molecule has 3 amide bonds. The van der Waals surface area contributed by atoms with Crippen LogP contribution in [0.5, 0.6) is 0 Å². The Morgan fingerprint density at radius 3 is 2.41 bits per heavy atom. The summed E-state index contributed by atoms with van der Waals surface area (Å²) in [6.45, 7) is 1.56. The van der Waals surface area contributed by atoms with Crippen molar-refractivity contribution in [3.05, 3.63) is 23.8 Å². The molecule has 0 atom stereocenters. The summed E-state index contributed by atoms with van der Waals surface area (Å²) in [6, 6.07) is 2.06. The van der Waals surface area contributed by atoms with E-state index < -0.39 is 11.6 Å².